The molecule has 0 aliphatic heterocycles. The molecule has 0 heterocycles. The Morgan fingerprint density at radius 3 is 1.86 bits per heavy atom. The molecule has 0 saturated heterocycles. The summed E-state index contributed by atoms with van der Waals surface area (Å²) in [6.07, 6.45) is 18.9. The Morgan fingerprint density at radius 2 is 1.31 bits per heavy atom. The molecule has 0 nitrogen and oxygen atoms in total. The normalized spacial score (nSPS) is 23.4. The lowest BCUT2D eigenvalue weighted by molar-refractivity contribution is 0.234. The van der Waals surface area contributed by atoms with Gasteiger partial charge in [0.05, 0.1) is 0 Å². The highest BCUT2D eigenvalue weighted by Gasteiger charge is 2.45. The minimum atomic E-state index is 0.863. The quantitative estimate of drug-likeness (QED) is 0.198. The van der Waals surface area contributed by atoms with E-state index in [2.05, 4.69) is 55.4 Å². The van der Waals surface area contributed by atoms with Gasteiger partial charge in [-0.3, -0.25) is 0 Å². The summed E-state index contributed by atoms with van der Waals surface area (Å²) in [6.45, 7) is 19.5. The van der Waals surface area contributed by atoms with E-state index in [4.69, 9.17) is 0 Å². The molecule has 0 amide bonds. The number of unbranched alkanes of at least 4 members (excludes halogenated alkanes) is 2. The number of rotatable bonds is 18. The Labute approximate surface area is 186 Å². The molecule has 29 heavy (non-hydrogen) atoms. The lowest BCUT2D eigenvalue weighted by Gasteiger charge is -2.28. The van der Waals surface area contributed by atoms with Crippen LogP contribution in [-0.4, -0.2) is 0 Å². The Bertz CT molecular complexity index is 381. The van der Waals surface area contributed by atoms with Crippen LogP contribution >= 0.6 is 0 Å². The van der Waals surface area contributed by atoms with Crippen molar-refractivity contribution in [3.63, 3.8) is 0 Å². The fraction of sp³-hybridized carbons (Fsp3) is 1.00. The summed E-state index contributed by atoms with van der Waals surface area (Å²) in [5, 5.41) is 0. The van der Waals surface area contributed by atoms with Crippen molar-refractivity contribution in [2.45, 2.75) is 139 Å². The highest BCUT2D eigenvalue weighted by atomic mass is 14.5. The Kier molecular flexibility index (Phi) is 13.9. The third kappa shape index (κ3) is 10.2. The second-order valence-electron chi connectivity index (χ2n) is 11.6. The fourth-order valence-corrected chi connectivity index (χ4v) is 6.33. The standard InChI is InChI=1S/C29H58/c1-9-12-13-18-26(22(4)5)20-25(16-11-3)17-14-19-27(23(6)7)29-21-28(29)24(8)15-10-2/h22-29H,9-21H2,1-8H3. The summed E-state index contributed by atoms with van der Waals surface area (Å²) >= 11 is 0. The predicted octanol–water partition coefficient (Wildman–Crippen LogP) is 10.2. The van der Waals surface area contributed by atoms with E-state index in [1.807, 2.05) is 0 Å². The van der Waals surface area contributed by atoms with Gasteiger partial charge in [-0.2, -0.15) is 0 Å². The van der Waals surface area contributed by atoms with E-state index in [0.717, 1.165) is 47.3 Å². The summed E-state index contributed by atoms with van der Waals surface area (Å²) in [4.78, 5) is 0. The van der Waals surface area contributed by atoms with Crippen molar-refractivity contribution in [3.8, 4) is 0 Å². The summed E-state index contributed by atoms with van der Waals surface area (Å²) in [7, 11) is 0. The molecule has 174 valence electrons. The van der Waals surface area contributed by atoms with Crippen LogP contribution < -0.4 is 0 Å². The largest absolute Gasteiger partial charge is 0.0654 e. The lowest BCUT2D eigenvalue weighted by Crippen LogP contribution is -2.17. The van der Waals surface area contributed by atoms with Crippen LogP contribution in [0.15, 0.2) is 0 Å². The van der Waals surface area contributed by atoms with E-state index in [1.165, 1.54) is 83.5 Å². The molecule has 0 aromatic carbocycles. The SMILES string of the molecule is CCCCCC(CC(CCC)CCCC(C(C)C)C1CC1C(C)CCC)C(C)C. The molecule has 0 heteroatoms. The fourth-order valence-electron chi connectivity index (χ4n) is 6.33. The van der Waals surface area contributed by atoms with Gasteiger partial charge >= 0.3 is 0 Å². The molecule has 1 aliphatic rings. The van der Waals surface area contributed by atoms with Gasteiger partial charge in [-0.25, -0.2) is 0 Å². The molecule has 6 atom stereocenters. The van der Waals surface area contributed by atoms with Crippen LogP contribution in [0.2, 0.25) is 0 Å². The maximum absolute atomic E-state index is 2.52. The molecule has 1 rings (SSSR count). The molecular weight excluding hydrogens is 348 g/mol. The van der Waals surface area contributed by atoms with Gasteiger partial charge in [-0.15, -0.1) is 0 Å². The maximum atomic E-state index is 2.52. The molecule has 0 aromatic heterocycles. The van der Waals surface area contributed by atoms with Gasteiger partial charge in [0.2, 0.25) is 0 Å². The van der Waals surface area contributed by atoms with E-state index in [1.54, 1.807) is 0 Å². The average molecular weight is 407 g/mol. The van der Waals surface area contributed by atoms with Crippen molar-refractivity contribution in [3.05, 3.63) is 0 Å². The van der Waals surface area contributed by atoms with Crippen molar-refractivity contribution in [1.82, 2.24) is 0 Å². The molecule has 6 unspecified atom stereocenters. The zero-order valence-electron chi connectivity index (χ0n) is 21.8. The Hall–Kier alpha value is 0. The first-order chi connectivity index (χ1) is 13.8. The molecule has 1 aliphatic carbocycles. The van der Waals surface area contributed by atoms with Crippen molar-refractivity contribution >= 4 is 0 Å². The van der Waals surface area contributed by atoms with Gasteiger partial charge in [0, 0.05) is 0 Å². The van der Waals surface area contributed by atoms with Crippen LogP contribution in [-0.2, 0) is 0 Å². The van der Waals surface area contributed by atoms with Gasteiger partial charge in [0.15, 0.2) is 0 Å². The first-order valence-corrected chi connectivity index (χ1v) is 13.8. The zero-order valence-corrected chi connectivity index (χ0v) is 21.8. The summed E-state index contributed by atoms with van der Waals surface area (Å²) in [5.74, 6) is 7.75. The van der Waals surface area contributed by atoms with Crippen molar-refractivity contribution in [2.24, 2.45) is 47.3 Å². The molecule has 0 bridgehead atoms. The summed E-state index contributed by atoms with van der Waals surface area (Å²) < 4.78 is 0. The van der Waals surface area contributed by atoms with Crippen LogP contribution in [0.1, 0.15) is 139 Å². The molecular formula is C29H58. The van der Waals surface area contributed by atoms with Crippen LogP contribution in [0.5, 0.6) is 0 Å². The van der Waals surface area contributed by atoms with Crippen LogP contribution in [0, 0.1) is 47.3 Å². The highest BCUT2D eigenvalue weighted by Crippen LogP contribution is 2.53. The van der Waals surface area contributed by atoms with E-state index < -0.39 is 0 Å². The minimum absolute atomic E-state index is 0.863. The van der Waals surface area contributed by atoms with Gasteiger partial charge in [0.25, 0.3) is 0 Å². The smallest absolute Gasteiger partial charge is 0.0349 e. The monoisotopic (exact) mass is 406 g/mol. The van der Waals surface area contributed by atoms with Crippen molar-refractivity contribution < 1.29 is 0 Å². The predicted molar refractivity (Wildman–Crippen MR) is 133 cm³/mol. The van der Waals surface area contributed by atoms with E-state index in [0.29, 0.717) is 0 Å². The lowest BCUT2D eigenvalue weighted by atomic mass is 9.78. The van der Waals surface area contributed by atoms with Gasteiger partial charge in [-0.1, -0.05) is 120 Å². The molecule has 0 spiro atoms. The topological polar surface area (TPSA) is 0 Å². The van der Waals surface area contributed by atoms with Crippen LogP contribution in [0.4, 0.5) is 0 Å². The summed E-state index contributed by atoms with van der Waals surface area (Å²) in [5.41, 5.74) is 0. The average Bonchev–Trinajstić information content (AvgIpc) is 3.44. The second kappa shape index (κ2) is 14.9. The Morgan fingerprint density at radius 1 is 0.621 bits per heavy atom. The first-order valence-electron chi connectivity index (χ1n) is 13.8. The third-order valence-corrected chi connectivity index (χ3v) is 8.38. The van der Waals surface area contributed by atoms with Crippen LogP contribution in [0.3, 0.4) is 0 Å². The minimum Gasteiger partial charge on any atom is -0.0654 e. The maximum Gasteiger partial charge on any atom is -0.0349 e. The van der Waals surface area contributed by atoms with E-state index in [9.17, 15) is 0 Å². The van der Waals surface area contributed by atoms with Gasteiger partial charge < -0.3 is 0 Å². The second-order valence-corrected chi connectivity index (χ2v) is 11.6. The van der Waals surface area contributed by atoms with Crippen molar-refractivity contribution in [2.75, 3.05) is 0 Å². The van der Waals surface area contributed by atoms with E-state index in [-0.39, 0.29) is 0 Å². The molecule has 0 aromatic rings. The van der Waals surface area contributed by atoms with Crippen molar-refractivity contribution in [1.29, 1.82) is 0 Å². The van der Waals surface area contributed by atoms with Gasteiger partial charge in [-0.05, 0) is 66.6 Å². The van der Waals surface area contributed by atoms with E-state index >= 15 is 0 Å². The molecule has 1 fully saturated rings. The van der Waals surface area contributed by atoms with Gasteiger partial charge in [0.1, 0.15) is 0 Å². The first kappa shape index (κ1) is 27.0. The van der Waals surface area contributed by atoms with Crippen LogP contribution in [0.25, 0.3) is 0 Å². The molecule has 0 N–H and O–H groups in total. The molecule has 0 radical (unpaired) electrons. The molecule has 1 saturated carbocycles. The number of hydrogen-bond acceptors (Lipinski definition) is 0. The highest BCUT2D eigenvalue weighted by molar-refractivity contribution is 4.94. The zero-order chi connectivity index (χ0) is 21.8. The Balaban J connectivity index is 2.50. The number of hydrogen-bond donors (Lipinski definition) is 0. The third-order valence-electron chi connectivity index (χ3n) is 8.38. The summed E-state index contributed by atoms with van der Waals surface area (Å²) in [6, 6.07) is 0.